The Morgan fingerprint density at radius 1 is 1.73 bits per heavy atom. The van der Waals surface area contributed by atoms with Crippen LogP contribution in [0.2, 0.25) is 0 Å². The minimum atomic E-state index is -0.0530. The molecule has 1 aromatic rings. The molecule has 0 amide bonds. The Balaban J connectivity index is 2.79. The number of carbonyl (C=O) groups excluding carboxylic acids is 1. The second kappa shape index (κ2) is 3.32. The maximum atomic E-state index is 10.4. The maximum Gasteiger partial charge on any atom is 0.244 e. The van der Waals surface area contributed by atoms with Gasteiger partial charge < -0.3 is 0 Å². The second-order valence-corrected chi connectivity index (χ2v) is 2.57. The quantitative estimate of drug-likeness (QED) is 0.460. The first-order valence-electron chi connectivity index (χ1n) is 3.79. The van der Waals surface area contributed by atoms with Gasteiger partial charge in [0.15, 0.2) is 12.3 Å². The van der Waals surface area contributed by atoms with Gasteiger partial charge in [0, 0.05) is 0 Å². The smallest absolute Gasteiger partial charge is 0.244 e. The van der Waals surface area contributed by atoms with Gasteiger partial charge in [0.25, 0.3) is 0 Å². The van der Waals surface area contributed by atoms with Crippen molar-refractivity contribution in [2.45, 2.75) is 26.4 Å². The van der Waals surface area contributed by atoms with Gasteiger partial charge in [-0.05, 0) is 13.8 Å². The molecule has 0 aliphatic rings. The van der Waals surface area contributed by atoms with Crippen molar-refractivity contribution >= 4 is 6.29 Å². The molecular formula is C8H13N2O+. The van der Waals surface area contributed by atoms with Crippen LogP contribution in [0.1, 0.15) is 19.9 Å². The lowest BCUT2D eigenvalue weighted by atomic mass is 10.4. The van der Waals surface area contributed by atoms with Crippen LogP contribution in [0.25, 0.3) is 0 Å². The summed E-state index contributed by atoms with van der Waals surface area (Å²) < 4.78 is 3.91. The summed E-state index contributed by atoms with van der Waals surface area (Å²) >= 11 is 0. The molecule has 60 valence electrons. The van der Waals surface area contributed by atoms with Gasteiger partial charge in [-0.25, -0.2) is 9.13 Å². The summed E-state index contributed by atoms with van der Waals surface area (Å²) in [6.45, 7) is 4.88. The van der Waals surface area contributed by atoms with Crippen LogP contribution >= 0.6 is 0 Å². The highest BCUT2D eigenvalue weighted by Gasteiger charge is 2.08. The fraction of sp³-hybridized carbons (Fsp3) is 0.500. The number of rotatable bonds is 3. The number of nitrogens with zero attached hydrogens (tertiary/aromatic N) is 2. The summed E-state index contributed by atoms with van der Waals surface area (Å²) in [5.41, 5.74) is 0. The zero-order valence-corrected chi connectivity index (χ0v) is 6.90. The van der Waals surface area contributed by atoms with Gasteiger partial charge in [0.05, 0.1) is 6.54 Å². The van der Waals surface area contributed by atoms with Crippen molar-refractivity contribution in [2.75, 3.05) is 0 Å². The molecule has 1 rings (SSSR count). The van der Waals surface area contributed by atoms with Gasteiger partial charge >= 0.3 is 0 Å². The van der Waals surface area contributed by atoms with Crippen LogP contribution in [0.4, 0.5) is 0 Å². The lowest BCUT2D eigenvalue weighted by molar-refractivity contribution is -0.703. The first-order valence-corrected chi connectivity index (χ1v) is 3.79. The molecule has 0 spiro atoms. The predicted molar refractivity (Wildman–Crippen MR) is 41.1 cm³/mol. The third-order valence-electron chi connectivity index (χ3n) is 1.74. The molecule has 0 aromatic carbocycles. The van der Waals surface area contributed by atoms with E-state index < -0.39 is 0 Å². The van der Waals surface area contributed by atoms with E-state index in [1.54, 1.807) is 0 Å². The van der Waals surface area contributed by atoms with Crippen LogP contribution in [0, 0.1) is 0 Å². The highest BCUT2D eigenvalue weighted by atomic mass is 16.1. The molecule has 0 bridgehead atoms. The van der Waals surface area contributed by atoms with Crippen molar-refractivity contribution in [3.63, 3.8) is 0 Å². The number of aryl methyl sites for hydroxylation is 1. The van der Waals surface area contributed by atoms with E-state index in [1.165, 1.54) is 0 Å². The monoisotopic (exact) mass is 153 g/mol. The highest BCUT2D eigenvalue weighted by Crippen LogP contribution is 1.89. The minimum Gasteiger partial charge on any atom is -0.299 e. The number of hydrogen-bond acceptors (Lipinski definition) is 1. The van der Waals surface area contributed by atoms with E-state index in [1.807, 2.05) is 34.8 Å². The molecule has 0 radical (unpaired) electrons. The molecule has 1 heterocycles. The zero-order valence-electron chi connectivity index (χ0n) is 6.90. The Labute approximate surface area is 66.3 Å². The van der Waals surface area contributed by atoms with E-state index in [9.17, 15) is 4.79 Å². The summed E-state index contributed by atoms with van der Waals surface area (Å²) in [6, 6.07) is -0.0530. The van der Waals surface area contributed by atoms with Crippen molar-refractivity contribution in [1.82, 2.24) is 4.57 Å². The Hall–Kier alpha value is -1.12. The van der Waals surface area contributed by atoms with Crippen molar-refractivity contribution in [3.8, 4) is 0 Å². The molecule has 0 saturated heterocycles. The largest absolute Gasteiger partial charge is 0.299 e. The van der Waals surface area contributed by atoms with Crippen LogP contribution in [-0.2, 0) is 11.3 Å². The fourth-order valence-electron chi connectivity index (χ4n) is 0.909. The van der Waals surface area contributed by atoms with E-state index in [0.29, 0.717) is 0 Å². The average Bonchev–Trinajstić information content (AvgIpc) is 2.50. The molecule has 3 heteroatoms. The molecule has 0 N–H and O–H groups in total. The topological polar surface area (TPSA) is 25.9 Å². The number of aldehydes is 1. The molecule has 0 aliphatic heterocycles. The minimum absolute atomic E-state index is 0.0530. The molecular weight excluding hydrogens is 140 g/mol. The average molecular weight is 153 g/mol. The molecule has 1 atom stereocenters. The van der Waals surface area contributed by atoms with Crippen LogP contribution in [-0.4, -0.2) is 10.9 Å². The maximum absolute atomic E-state index is 10.4. The van der Waals surface area contributed by atoms with Crippen LogP contribution in [0.5, 0.6) is 0 Å². The Morgan fingerprint density at radius 3 is 2.91 bits per heavy atom. The normalized spacial score (nSPS) is 12.9. The lowest BCUT2D eigenvalue weighted by Crippen LogP contribution is -2.36. The Morgan fingerprint density at radius 2 is 2.45 bits per heavy atom. The lowest BCUT2D eigenvalue weighted by Gasteiger charge is -1.95. The number of imidazole rings is 1. The number of carbonyl (C=O) groups is 1. The predicted octanol–water partition coefficient (Wildman–Crippen LogP) is 0.555. The highest BCUT2D eigenvalue weighted by molar-refractivity contribution is 5.52. The Kier molecular flexibility index (Phi) is 2.41. The SMILES string of the molecule is CCn1cc[n+](C(C)C=O)c1. The van der Waals surface area contributed by atoms with Gasteiger partial charge in [-0.3, -0.25) is 4.79 Å². The van der Waals surface area contributed by atoms with E-state index in [-0.39, 0.29) is 6.04 Å². The first kappa shape index (κ1) is 7.98. The third-order valence-corrected chi connectivity index (χ3v) is 1.74. The zero-order chi connectivity index (χ0) is 8.27. The Bertz CT molecular complexity index is 242. The van der Waals surface area contributed by atoms with Crippen LogP contribution in [0.3, 0.4) is 0 Å². The second-order valence-electron chi connectivity index (χ2n) is 2.57. The molecule has 3 nitrogen and oxygen atoms in total. The summed E-state index contributed by atoms with van der Waals surface area (Å²) in [6.07, 6.45) is 6.72. The van der Waals surface area contributed by atoms with E-state index in [0.717, 1.165) is 12.8 Å². The van der Waals surface area contributed by atoms with Gasteiger partial charge in [-0.2, -0.15) is 0 Å². The summed E-state index contributed by atoms with van der Waals surface area (Å²) in [4.78, 5) is 10.4. The van der Waals surface area contributed by atoms with E-state index in [4.69, 9.17) is 0 Å². The van der Waals surface area contributed by atoms with Gasteiger partial charge in [-0.15, -0.1) is 0 Å². The van der Waals surface area contributed by atoms with Crippen molar-refractivity contribution in [2.24, 2.45) is 0 Å². The van der Waals surface area contributed by atoms with Gasteiger partial charge in [-0.1, -0.05) is 0 Å². The van der Waals surface area contributed by atoms with E-state index in [2.05, 4.69) is 6.92 Å². The third kappa shape index (κ3) is 1.67. The van der Waals surface area contributed by atoms with Gasteiger partial charge in [0.2, 0.25) is 6.33 Å². The first-order chi connectivity index (χ1) is 5.27. The van der Waals surface area contributed by atoms with Crippen molar-refractivity contribution in [1.29, 1.82) is 0 Å². The number of aromatic nitrogens is 2. The molecule has 0 saturated carbocycles. The van der Waals surface area contributed by atoms with Crippen molar-refractivity contribution < 1.29 is 9.36 Å². The molecule has 0 fully saturated rings. The molecule has 11 heavy (non-hydrogen) atoms. The summed E-state index contributed by atoms with van der Waals surface area (Å²) in [5.74, 6) is 0. The van der Waals surface area contributed by atoms with Crippen LogP contribution in [0.15, 0.2) is 18.7 Å². The van der Waals surface area contributed by atoms with Crippen LogP contribution < -0.4 is 4.57 Å². The molecule has 0 aliphatic carbocycles. The van der Waals surface area contributed by atoms with Gasteiger partial charge in [0.1, 0.15) is 12.4 Å². The van der Waals surface area contributed by atoms with E-state index >= 15 is 0 Å². The number of hydrogen-bond donors (Lipinski definition) is 0. The molecule has 1 unspecified atom stereocenters. The standard InChI is InChI=1S/C8H13N2O/c1-3-9-4-5-10(7-9)8(2)6-11/h4-8H,3H2,1-2H3/q+1. The molecule has 1 aromatic heterocycles. The summed E-state index contributed by atoms with van der Waals surface area (Å²) in [5, 5.41) is 0. The summed E-state index contributed by atoms with van der Waals surface area (Å²) in [7, 11) is 0. The fourth-order valence-corrected chi connectivity index (χ4v) is 0.909. The van der Waals surface area contributed by atoms with Crippen molar-refractivity contribution in [3.05, 3.63) is 18.7 Å².